The van der Waals surface area contributed by atoms with E-state index in [4.69, 9.17) is 8.23 Å². The summed E-state index contributed by atoms with van der Waals surface area (Å²) in [6, 6.07) is 42.1. The average molecular weight is 569 g/mol. The topological polar surface area (TPSA) is 55.8 Å². The third-order valence-corrected chi connectivity index (χ3v) is 16.4. The quantitative estimate of drug-likeness (QED) is 0.198. The summed E-state index contributed by atoms with van der Waals surface area (Å²) in [5.74, 6) is -0.870. The first-order chi connectivity index (χ1) is 19.0. The molecule has 4 rings (SSSR count). The summed E-state index contributed by atoms with van der Waals surface area (Å²) in [6.45, 7) is 3.86. The highest BCUT2D eigenvalue weighted by atomic mass is 28.4. The second-order valence-corrected chi connectivity index (χ2v) is 18.0. The van der Waals surface area contributed by atoms with Gasteiger partial charge >= 0.3 is 15.3 Å². The van der Waals surface area contributed by atoms with E-state index in [1.54, 1.807) is 6.92 Å². The van der Waals surface area contributed by atoms with Crippen LogP contribution in [0.5, 0.6) is 0 Å². The molecule has 0 saturated heterocycles. The maximum Gasteiger partial charge on any atom is 0.330 e. The number of rotatable bonds is 13. The summed E-state index contributed by atoms with van der Waals surface area (Å²) < 4.78 is 14.4. The van der Waals surface area contributed by atoms with Crippen molar-refractivity contribution in [1.29, 1.82) is 0 Å². The highest BCUT2D eigenvalue weighted by Gasteiger charge is 2.32. The minimum atomic E-state index is -2.26. The van der Waals surface area contributed by atoms with Crippen LogP contribution in [0.15, 0.2) is 133 Å². The number of aliphatic carboxylic acids is 1. The van der Waals surface area contributed by atoms with Gasteiger partial charge in [0.2, 0.25) is 18.1 Å². The van der Waals surface area contributed by atoms with Gasteiger partial charge in [-0.25, -0.2) is 4.79 Å². The fraction of sp³-hybridized carbons (Fsp3) is 0.156. The zero-order chi connectivity index (χ0) is 27.5. The summed E-state index contributed by atoms with van der Waals surface area (Å²) in [5, 5.41) is 14.2. The van der Waals surface area contributed by atoms with Gasteiger partial charge in [0.1, 0.15) is 0 Å². The third kappa shape index (κ3) is 8.32. The highest BCUT2D eigenvalue weighted by Crippen LogP contribution is 2.21. The Bertz CT molecular complexity index is 1150. The van der Waals surface area contributed by atoms with Gasteiger partial charge in [0.15, 0.2) is 0 Å². The molecule has 0 aliphatic rings. The van der Waals surface area contributed by atoms with E-state index in [1.807, 2.05) is 30.3 Å². The fourth-order valence-corrected chi connectivity index (χ4v) is 15.7. The van der Waals surface area contributed by atoms with Crippen molar-refractivity contribution in [3.63, 3.8) is 0 Å². The van der Waals surface area contributed by atoms with Gasteiger partial charge in [-0.2, -0.15) is 0 Å². The molecule has 0 amide bonds. The molecule has 0 radical (unpaired) electrons. The lowest BCUT2D eigenvalue weighted by Gasteiger charge is -2.31. The van der Waals surface area contributed by atoms with Gasteiger partial charge in [0.05, 0.1) is 0 Å². The first-order valence-corrected chi connectivity index (χ1v) is 18.3. The number of allylic oxidation sites excluding steroid dienone is 1. The summed E-state index contributed by atoms with van der Waals surface area (Å²) in [7, 11) is -6.33. The Labute approximate surface area is 236 Å². The lowest BCUT2D eigenvalue weighted by molar-refractivity contribution is -0.132. The van der Waals surface area contributed by atoms with E-state index < -0.39 is 33.3 Å². The lowest BCUT2D eigenvalue weighted by atomic mass is 10.2. The number of hydrogen-bond acceptors (Lipinski definition) is 3. The van der Waals surface area contributed by atoms with Gasteiger partial charge in [-0.15, -0.1) is 0 Å². The summed E-state index contributed by atoms with van der Waals surface area (Å²) in [6.07, 6.45) is 3.31. The Morgan fingerprint density at radius 3 is 1.33 bits per heavy atom. The Hall–Kier alpha value is -3.34. The van der Waals surface area contributed by atoms with E-state index in [-0.39, 0.29) is 5.54 Å². The van der Waals surface area contributed by atoms with Crippen LogP contribution in [0, 0.1) is 0 Å². The summed E-state index contributed by atoms with van der Waals surface area (Å²) >= 11 is 0. The van der Waals surface area contributed by atoms with E-state index >= 15 is 0 Å². The first-order valence-electron chi connectivity index (χ1n) is 13.4. The molecule has 1 unspecified atom stereocenters. The van der Waals surface area contributed by atoms with Crippen molar-refractivity contribution in [1.82, 2.24) is 0 Å². The molecular formula is C32H36O4Si3. The molecule has 200 valence electrons. The van der Waals surface area contributed by atoms with Crippen LogP contribution in [0.2, 0.25) is 5.54 Å². The number of benzene rings is 4. The summed E-state index contributed by atoms with van der Waals surface area (Å²) in [5.41, 5.74) is 0.566. The van der Waals surface area contributed by atoms with Crippen molar-refractivity contribution >= 4 is 54.1 Å². The van der Waals surface area contributed by atoms with Gasteiger partial charge in [0, 0.05) is 5.57 Å². The Balaban J connectivity index is 1.69. The predicted octanol–water partition coefficient (Wildman–Crippen LogP) is 3.52. The molecule has 0 aliphatic carbocycles. The number of hydrogen-bond donors (Lipinski definition) is 1. The normalized spacial score (nSPS) is 12.7. The average Bonchev–Trinajstić information content (AvgIpc) is 2.99. The molecule has 4 aromatic rings. The first kappa shape index (κ1) is 28.7. The number of carboxylic acid groups (broad SMARTS) is 1. The molecule has 0 saturated carbocycles. The third-order valence-electron chi connectivity index (χ3n) is 6.82. The monoisotopic (exact) mass is 568 g/mol. The van der Waals surface area contributed by atoms with Crippen molar-refractivity contribution < 1.29 is 18.1 Å². The van der Waals surface area contributed by atoms with Crippen LogP contribution in [-0.2, 0) is 13.0 Å². The van der Waals surface area contributed by atoms with Gasteiger partial charge < -0.3 is 13.3 Å². The largest absolute Gasteiger partial charge is 0.478 e. The molecule has 4 nitrogen and oxygen atoms in total. The maximum absolute atomic E-state index is 11.3. The van der Waals surface area contributed by atoms with Crippen LogP contribution < -0.4 is 20.7 Å². The molecule has 0 spiro atoms. The van der Waals surface area contributed by atoms with Crippen LogP contribution in [0.3, 0.4) is 0 Å². The van der Waals surface area contributed by atoms with E-state index in [0.29, 0.717) is 12.0 Å². The molecule has 0 aliphatic heterocycles. The molecule has 4 aromatic carbocycles. The highest BCUT2D eigenvalue weighted by molar-refractivity contribution is 6.88. The second kappa shape index (κ2) is 14.7. The second-order valence-electron chi connectivity index (χ2n) is 9.79. The minimum Gasteiger partial charge on any atom is -0.478 e. The van der Waals surface area contributed by atoms with Crippen LogP contribution in [0.4, 0.5) is 0 Å². The van der Waals surface area contributed by atoms with Crippen LogP contribution in [0.25, 0.3) is 0 Å². The zero-order valence-electron chi connectivity index (χ0n) is 22.5. The number of carbonyl (C=O) groups is 1. The molecule has 1 atom stereocenters. The SMILES string of the molecule is CC(=CCCC(C)[SiH](O[SiH](c1ccccc1)c1ccccc1)O[SiH](c1ccccc1)c1ccccc1)C(=O)O. The lowest BCUT2D eigenvalue weighted by Crippen LogP contribution is -2.55. The molecule has 0 aromatic heterocycles. The van der Waals surface area contributed by atoms with Gasteiger partial charge in [0.25, 0.3) is 0 Å². The predicted molar refractivity (Wildman–Crippen MR) is 168 cm³/mol. The fourth-order valence-electron chi connectivity index (χ4n) is 4.57. The summed E-state index contributed by atoms with van der Waals surface area (Å²) in [4.78, 5) is 11.3. The molecule has 0 fully saturated rings. The van der Waals surface area contributed by atoms with E-state index in [0.717, 1.165) is 6.42 Å². The molecule has 0 heterocycles. The number of carboxylic acids is 1. The smallest absolute Gasteiger partial charge is 0.330 e. The van der Waals surface area contributed by atoms with Crippen molar-refractivity contribution in [2.75, 3.05) is 0 Å². The Morgan fingerprint density at radius 1 is 0.692 bits per heavy atom. The maximum atomic E-state index is 11.3. The Morgan fingerprint density at radius 2 is 1.03 bits per heavy atom. The molecular weight excluding hydrogens is 533 g/mol. The van der Waals surface area contributed by atoms with Crippen LogP contribution >= 0.6 is 0 Å². The van der Waals surface area contributed by atoms with Gasteiger partial charge in [-0.1, -0.05) is 134 Å². The zero-order valence-corrected chi connectivity index (χ0v) is 26.0. The molecule has 0 bridgehead atoms. The van der Waals surface area contributed by atoms with E-state index in [9.17, 15) is 9.90 Å². The van der Waals surface area contributed by atoms with Crippen molar-refractivity contribution in [2.45, 2.75) is 32.2 Å². The van der Waals surface area contributed by atoms with Crippen molar-refractivity contribution in [3.8, 4) is 0 Å². The van der Waals surface area contributed by atoms with Crippen molar-refractivity contribution in [2.24, 2.45) is 0 Å². The van der Waals surface area contributed by atoms with E-state index in [1.165, 1.54) is 20.7 Å². The Kier molecular flexibility index (Phi) is 10.8. The van der Waals surface area contributed by atoms with E-state index in [2.05, 4.69) is 104 Å². The van der Waals surface area contributed by atoms with Crippen LogP contribution in [-0.4, -0.2) is 38.4 Å². The van der Waals surface area contributed by atoms with Gasteiger partial charge in [-0.05, 0) is 46.1 Å². The standard InChI is InChI=1S/C32H36O4Si3/c1-26(32(33)34)16-15-17-27(2)39(35-37(28-18-7-3-8-19-28)29-20-9-4-10-21-29)36-38(30-22-11-5-12-23-30)31-24-13-6-14-25-31/h3-14,16,18-25,27,37-39H,15,17H2,1-2H3,(H,33,34). The van der Waals surface area contributed by atoms with Crippen LogP contribution in [0.1, 0.15) is 26.7 Å². The van der Waals surface area contributed by atoms with Crippen molar-refractivity contribution in [3.05, 3.63) is 133 Å². The molecule has 7 heteroatoms. The minimum absolute atomic E-state index is 0.188. The molecule has 1 N–H and O–H groups in total. The van der Waals surface area contributed by atoms with Gasteiger partial charge in [-0.3, -0.25) is 0 Å². The molecule has 39 heavy (non-hydrogen) atoms.